The van der Waals surface area contributed by atoms with Crippen LogP contribution in [0.2, 0.25) is 0 Å². The third-order valence-corrected chi connectivity index (χ3v) is 3.76. The highest BCUT2D eigenvalue weighted by molar-refractivity contribution is 5.97. The number of aromatic carboxylic acids is 1. The van der Waals surface area contributed by atoms with Gasteiger partial charge in [0.1, 0.15) is 0 Å². The number of amides is 1. The van der Waals surface area contributed by atoms with Gasteiger partial charge in [-0.25, -0.2) is 4.79 Å². The van der Waals surface area contributed by atoms with Gasteiger partial charge in [-0.05, 0) is 30.9 Å². The number of nitrogens with zero attached hydrogens (tertiary/aromatic N) is 1. The average molecular weight is 277 g/mol. The molecule has 20 heavy (non-hydrogen) atoms. The van der Waals surface area contributed by atoms with Crippen LogP contribution in [0.1, 0.15) is 29.6 Å². The van der Waals surface area contributed by atoms with Crippen LogP contribution in [0, 0.1) is 5.92 Å². The molecule has 6 heteroatoms. The summed E-state index contributed by atoms with van der Waals surface area (Å²) in [5.41, 5.74) is 12.3. The fourth-order valence-electron chi connectivity index (χ4n) is 2.68. The number of benzene rings is 1. The van der Waals surface area contributed by atoms with Gasteiger partial charge in [0, 0.05) is 19.5 Å². The highest BCUT2D eigenvalue weighted by Crippen LogP contribution is 2.31. The molecule has 0 radical (unpaired) electrons. The van der Waals surface area contributed by atoms with E-state index >= 15 is 0 Å². The number of nitrogen functional groups attached to an aromatic ring is 1. The monoisotopic (exact) mass is 277 g/mol. The number of rotatable bonds is 4. The topological polar surface area (TPSA) is 110 Å². The lowest BCUT2D eigenvalue weighted by Crippen LogP contribution is -2.35. The van der Waals surface area contributed by atoms with Gasteiger partial charge in [-0.1, -0.05) is 6.07 Å². The van der Waals surface area contributed by atoms with E-state index in [1.165, 1.54) is 6.07 Å². The summed E-state index contributed by atoms with van der Waals surface area (Å²) in [4.78, 5) is 24.1. The van der Waals surface area contributed by atoms with Gasteiger partial charge in [-0.15, -0.1) is 0 Å². The number of para-hydroxylation sites is 1. The first-order valence-electron chi connectivity index (χ1n) is 6.64. The van der Waals surface area contributed by atoms with Crippen LogP contribution < -0.4 is 16.4 Å². The van der Waals surface area contributed by atoms with Crippen molar-refractivity contribution < 1.29 is 14.7 Å². The summed E-state index contributed by atoms with van der Waals surface area (Å²) in [5.74, 6) is -0.976. The molecule has 0 saturated carbocycles. The van der Waals surface area contributed by atoms with E-state index in [0.29, 0.717) is 18.0 Å². The fourth-order valence-corrected chi connectivity index (χ4v) is 2.68. The first-order chi connectivity index (χ1) is 9.49. The zero-order valence-corrected chi connectivity index (χ0v) is 11.2. The molecule has 2 rings (SSSR count). The van der Waals surface area contributed by atoms with Crippen LogP contribution in [0.5, 0.6) is 0 Å². The number of carbonyl (C=O) groups is 2. The molecule has 0 aliphatic carbocycles. The molecule has 108 valence electrons. The van der Waals surface area contributed by atoms with Crippen molar-refractivity contribution in [1.29, 1.82) is 0 Å². The first kappa shape index (κ1) is 14.2. The molecule has 0 spiro atoms. The third-order valence-electron chi connectivity index (χ3n) is 3.76. The van der Waals surface area contributed by atoms with Crippen molar-refractivity contribution in [3.05, 3.63) is 23.8 Å². The molecule has 0 aromatic heterocycles. The summed E-state index contributed by atoms with van der Waals surface area (Å²) in [6, 6.07) is 5.03. The molecular weight excluding hydrogens is 258 g/mol. The lowest BCUT2D eigenvalue weighted by Gasteiger charge is -2.34. The van der Waals surface area contributed by atoms with Crippen molar-refractivity contribution in [3.63, 3.8) is 0 Å². The zero-order chi connectivity index (χ0) is 14.7. The Labute approximate surface area is 117 Å². The van der Waals surface area contributed by atoms with Crippen LogP contribution in [-0.4, -0.2) is 30.1 Å². The minimum Gasteiger partial charge on any atom is -0.478 e. The summed E-state index contributed by atoms with van der Waals surface area (Å²) in [6.45, 7) is 1.51. The van der Waals surface area contributed by atoms with Gasteiger partial charge >= 0.3 is 5.97 Å². The van der Waals surface area contributed by atoms with Crippen LogP contribution in [0.4, 0.5) is 11.4 Å². The largest absolute Gasteiger partial charge is 0.478 e. The van der Waals surface area contributed by atoms with Crippen LogP contribution in [-0.2, 0) is 4.79 Å². The number of carboxylic acid groups (broad SMARTS) is 1. The number of primary amides is 1. The van der Waals surface area contributed by atoms with Gasteiger partial charge in [0.05, 0.1) is 16.9 Å². The molecule has 0 unspecified atom stereocenters. The lowest BCUT2D eigenvalue weighted by atomic mass is 9.93. The normalized spacial score (nSPS) is 16.1. The van der Waals surface area contributed by atoms with Gasteiger partial charge in [-0.3, -0.25) is 4.79 Å². The smallest absolute Gasteiger partial charge is 0.337 e. The first-order valence-corrected chi connectivity index (χ1v) is 6.64. The Morgan fingerprint density at radius 3 is 2.50 bits per heavy atom. The Hall–Kier alpha value is -2.24. The maximum atomic E-state index is 11.1. The maximum absolute atomic E-state index is 11.1. The molecule has 5 N–H and O–H groups in total. The van der Waals surface area contributed by atoms with Crippen molar-refractivity contribution in [2.75, 3.05) is 23.7 Å². The van der Waals surface area contributed by atoms with Gasteiger partial charge in [0.15, 0.2) is 0 Å². The Balaban J connectivity index is 2.09. The van der Waals surface area contributed by atoms with Crippen LogP contribution in [0.25, 0.3) is 0 Å². The van der Waals surface area contributed by atoms with E-state index in [2.05, 4.69) is 4.90 Å². The predicted octanol–water partition coefficient (Wildman–Crippen LogP) is 1.06. The van der Waals surface area contributed by atoms with Crippen molar-refractivity contribution in [3.8, 4) is 0 Å². The van der Waals surface area contributed by atoms with E-state index in [9.17, 15) is 9.59 Å². The second kappa shape index (κ2) is 5.81. The number of carboxylic acids is 1. The van der Waals surface area contributed by atoms with E-state index in [-0.39, 0.29) is 11.5 Å². The maximum Gasteiger partial charge on any atom is 0.337 e. The number of hydrogen-bond acceptors (Lipinski definition) is 4. The van der Waals surface area contributed by atoms with Gasteiger partial charge < -0.3 is 21.5 Å². The minimum atomic E-state index is -1.02. The number of carbonyl (C=O) groups excluding carboxylic acids is 1. The lowest BCUT2D eigenvalue weighted by molar-refractivity contribution is -0.119. The van der Waals surface area contributed by atoms with E-state index in [0.717, 1.165) is 31.6 Å². The molecule has 1 aliphatic heterocycles. The zero-order valence-electron chi connectivity index (χ0n) is 11.2. The van der Waals surface area contributed by atoms with Crippen molar-refractivity contribution in [2.24, 2.45) is 11.7 Å². The van der Waals surface area contributed by atoms with E-state index in [1.807, 2.05) is 6.07 Å². The second-order valence-electron chi connectivity index (χ2n) is 5.14. The molecule has 1 aliphatic rings. The van der Waals surface area contributed by atoms with E-state index < -0.39 is 5.97 Å². The fraction of sp³-hybridized carbons (Fsp3) is 0.429. The number of piperidine rings is 1. The summed E-state index contributed by atoms with van der Waals surface area (Å²) >= 11 is 0. The van der Waals surface area contributed by atoms with Gasteiger partial charge in [-0.2, -0.15) is 0 Å². The SMILES string of the molecule is NC(=O)CC1CCN(c2cccc(C(=O)O)c2N)CC1. The number of anilines is 2. The molecule has 1 saturated heterocycles. The van der Waals surface area contributed by atoms with Crippen LogP contribution in [0.15, 0.2) is 18.2 Å². The number of hydrogen-bond donors (Lipinski definition) is 3. The van der Waals surface area contributed by atoms with Crippen molar-refractivity contribution in [2.45, 2.75) is 19.3 Å². The molecule has 1 aromatic carbocycles. The summed E-state index contributed by atoms with van der Waals surface area (Å²) < 4.78 is 0. The predicted molar refractivity (Wildman–Crippen MR) is 76.6 cm³/mol. The molecule has 1 amide bonds. The van der Waals surface area contributed by atoms with Crippen LogP contribution in [0.3, 0.4) is 0 Å². The average Bonchev–Trinajstić information content (AvgIpc) is 2.39. The van der Waals surface area contributed by atoms with Gasteiger partial charge in [0.25, 0.3) is 0 Å². The van der Waals surface area contributed by atoms with Gasteiger partial charge in [0.2, 0.25) is 5.91 Å². The number of nitrogens with two attached hydrogens (primary N) is 2. The quantitative estimate of drug-likeness (QED) is 0.713. The van der Waals surface area contributed by atoms with Crippen LogP contribution >= 0.6 is 0 Å². The Bertz CT molecular complexity index is 522. The standard InChI is InChI=1S/C14H19N3O3/c15-12(18)8-9-4-6-17(7-5-9)11-3-1-2-10(13(11)16)14(19)20/h1-3,9H,4-8,16H2,(H2,15,18)(H,19,20). The molecule has 0 bridgehead atoms. The Morgan fingerprint density at radius 1 is 1.30 bits per heavy atom. The van der Waals surface area contributed by atoms with Crippen molar-refractivity contribution >= 4 is 23.3 Å². The second-order valence-corrected chi connectivity index (χ2v) is 5.14. The van der Waals surface area contributed by atoms with E-state index in [1.54, 1.807) is 6.07 Å². The summed E-state index contributed by atoms with van der Waals surface area (Å²) in [7, 11) is 0. The molecule has 1 aromatic rings. The molecule has 0 atom stereocenters. The van der Waals surface area contributed by atoms with E-state index in [4.69, 9.17) is 16.6 Å². The van der Waals surface area contributed by atoms with Crippen molar-refractivity contribution in [1.82, 2.24) is 0 Å². The molecule has 6 nitrogen and oxygen atoms in total. The molecule has 1 heterocycles. The Morgan fingerprint density at radius 2 is 1.95 bits per heavy atom. The molecule has 1 fully saturated rings. The third kappa shape index (κ3) is 3.01. The summed E-state index contributed by atoms with van der Waals surface area (Å²) in [5, 5.41) is 9.08. The highest BCUT2D eigenvalue weighted by Gasteiger charge is 2.23. The molecular formula is C14H19N3O3. The minimum absolute atomic E-state index is 0.127. The summed E-state index contributed by atoms with van der Waals surface area (Å²) in [6.07, 6.45) is 2.14. The Kier molecular flexibility index (Phi) is 4.12. The highest BCUT2D eigenvalue weighted by atomic mass is 16.4.